The zero-order valence-electron chi connectivity index (χ0n) is 13.0. The molecule has 0 saturated carbocycles. The maximum atomic E-state index is 11.9. The van der Waals surface area contributed by atoms with Gasteiger partial charge in [0.15, 0.2) is 0 Å². The molecule has 0 radical (unpaired) electrons. The molecule has 2 rings (SSSR count). The zero-order valence-corrected chi connectivity index (χ0v) is 13.8. The SMILES string of the molecule is COc1ccc(-n2nnnc2SCC(=O)NC(C)(C)C)cc1. The Morgan fingerprint density at radius 1 is 1.32 bits per heavy atom. The largest absolute Gasteiger partial charge is 0.497 e. The first-order chi connectivity index (χ1) is 10.4. The molecule has 2 aromatic rings. The molecule has 0 spiro atoms. The molecule has 0 fully saturated rings. The lowest BCUT2D eigenvalue weighted by Crippen LogP contribution is -2.41. The first-order valence-electron chi connectivity index (χ1n) is 6.76. The minimum atomic E-state index is -0.250. The van der Waals surface area contributed by atoms with Gasteiger partial charge in [0.1, 0.15) is 5.75 Å². The molecule has 0 atom stereocenters. The van der Waals surface area contributed by atoms with Crippen LogP contribution in [0.4, 0.5) is 0 Å². The van der Waals surface area contributed by atoms with Gasteiger partial charge < -0.3 is 10.1 Å². The fourth-order valence-corrected chi connectivity index (χ4v) is 2.43. The third-order valence-electron chi connectivity index (χ3n) is 2.60. The summed E-state index contributed by atoms with van der Waals surface area (Å²) in [6.07, 6.45) is 0. The number of benzene rings is 1. The van der Waals surface area contributed by atoms with Crippen LogP contribution in [-0.4, -0.2) is 44.5 Å². The predicted octanol–water partition coefficient (Wildman–Crippen LogP) is 1.68. The number of rotatable bonds is 5. The molecule has 1 aromatic heterocycles. The highest BCUT2D eigenvalue weighted by Crippen LogP contribution is 2.20. The summed E-state index contributed by atoms with van der Waals surface area (Å²) in [4.78, 5) is 11.9. The highest BCUT2D eigenvalue weighted by Gasteiger charge is 2.16. The second kappa shape index (κ2) is 6.78. The Hall–Kier alpha value is -2.09. The third kappa shape index (κ3) is 4.45. The molecule has 0 unspecified atom stereocenters. The maximum Gasteiger partial charge on any atom is 0.230 e. The lowest BCUT2D eigenvalue weighted by molar-refractivity contribution is -0.119. The molecule has 0 aliphatic carbocycles. The molecule has 0 bridgehead atoms. The normalized spacial score (nSPS) is 11.3. The summed E-state index contributed by atoms with van der Waals surface area (Å²) < 4.78 is 6.71. The summed E-state index contributed by atoms with van der Waals surface area (Å²) in [7, 11) is 1.61. The number of amides is 1. The molecule has 1 aromatic carbocycles. The Labute approximate surface area is 133 Å². The van der Waals surface area contributed by atoms with Crippen LogP contribution < -0.4 is 10.1 Å². The van der Waals surface area contributed by atoms with Crippen LogP contribution in [0.25, 0.3) is 5.69 Å². The third-order valence-corrected chi connectivity index (χ3v) is 3.52. The van der Waals surface area contributed by atoms with Gasteiger partial charge in [0, 0.05) is 5.54 Å². The van der Waals surface area contributed by atoms with Crippen molar-refractivity contribution in [1.29, 1.82) is 0 Å². The minimum absolute atomic E-state index is 0.0539. The number of carbonyl (C=O) groups is 1. The Bertz CT molecular complexity index is 633. The minimum Gasteiger partial charge on any atom is -0.497 e. The van der Waals surface area contributed by atoms with Crippen LogP contribution in [0.3, 0.4) is 0 Å². The first-order valence-corrected chi connectivity index (χ1v) is 7.74. The van der Waals surface area contributed by atoms with E-state index in [0.717, 1.165) is 11.4 Å². The van der Waals surface area contributed by atoms with Crippen LogP contribution in [0.1, 0.15) is 20.8 Å². The predicted molar refractivity (Wildman–Crippen MR) is 84.3 cm³/mol. The topological polar surface area (TPSA) is 81.9 Å². The number of hydrogen-bond donors (Lipinski definition) is 1. The van der Waals surface area contributed by atoms with E-state index in [-0.39, 0.29) is 17.2 Å². The second-order valence-electron chi connectivity index (χ2n) is 5.66. The van der Waals surface area contributed by atoms with Crippen LogP contribution in [0.2, 0.25) is 0 Å². The van der Waals surface area contributed by atoms with Gasteiger partial charge in [-0.05, 0) is 55.5 Å². The molecule has 0 aliphatic rings. The van der Waals surface area contributed by atoms with Crippen molar-refractivity contribution in [2.75, 3.05) is 12.9 Å². The molecule has 8 heteroatoms. The lowest BCUT2D eigenvalue weighted by atomic mass is 10.1. The smallest absolute Gasteiger partial charge is 0.230 e. The van der Waals surface area contributed by atoms with Gasteiger partial charge in [-0.25, -0.2) is 0 Å². The van der Waals surface area contributed by atoms with Crippen molar-refractivity contribution in [3.8, 4) is 11.4 Å². The van der Waals surface area contributed by atoms with Crippen LogP contribution in [0.5, 0.6) is 5.75 Å². The number of aromatic nitrogens is 4. The van der Waals surface area contributed by atoms with Crippen molar-refractivity contribution >= 4 is 17.7 Å². The van der Waals surface area contributed by atoms with Crippen molar-refractivity contribution in [2.45, 2.75) is 31.5 Å². The molecular weight excluding hydrogens is 302 g/mol. The fraction of sp³-hybridized carbons (Fsp3) is 0.429. The van der Waals surface area contributed by atoms with E-state index in [4.69, 9.17) is 4.74 Å². The summed E-state index contributed by atoms with van der Waals surface area (Å²) >= 11 is 1.29. The highest BCUT2D eigenvalue weighted by atomic mass is 32.2. The van der Waals surface area contributed by atoms with Crippen molar-refractivity contribution in [3.05, 3.63) is 24.3 Å². The van der Waals surface area contributed by atoms with Gasteiger partial charge in [-0.2, -0.15) is 4.68 Å². The molecule has 1 N–H and O–H groups in total. The number of ether oxygens (including phenoxy) is 1. The summed E-state index contributed by atoms with van der Waals surface area (Å²) in [5, 5.41) is 15.1. The Kier molecular flexibility index (Phi) is 5.02. The van der Waals surface area contributed by atoms with Crippen LogP contribution in [0, 0.1) is 0 Å². The van der Waals surface area contributed by atoms with Gasteiger partial charge in [-0.3, -0.25) is 4.79 Å². The maximum absolute atomic E-state index is 11.9. The molecule has 0 aliphatic heterocycles. The van der Waals surface area contributed by atoms with Gasteiger partial charge in [0.2, 0.25) is 11.1 Å². The standard InChI is InChI=1S/C14H19N5O2S/c1-14(2,3)15-12(20)9-22-13-16-17-18-19(13)10-5-7-11(21-4)8-6-10/h5-8H,9H2,1-4H3,(H,15,20). The second-order valence-corrected chi connectivity index (χ2v) is 6.60. The number of tetrazole rings is 1. The summed E-state index contributed by atoms with van der Waals surface area (Å²) in [6.45, 7) is 5.82. The average Bonchev–Trinajstić information content (AvgIpc) is 2.92. The van der Waals surface area contributed by atoms with Crippen LogP contribution in [0.15, 0.2) is 29.4 Å². The summed E-state index contributed by atoms with van der Waals surface area (Å²) in [5.41, 5.74) is 0.559. The molecular formula is C14H19N5O2S. The number of hydrogen-bond acceptors (Lipinski definition) is 6. The summed E-state index contributed by atoms with van der Waals surface area (Å²) in [6, 6.07) is 7.37. The lowest BCUT2D eigenvalue weighted by Gasteiger charge is -2.20. The van der Waals surface area contributed by atoms with E-state index in [1.807, 2.05) is 45.0 Å². The number of thioether (sulfide) groups is 1. The van der Waals surface area contributed by atoms with Gasteiger partial charge in [-0.1, -0.05) is 11.8 Å². The molecule has 118 valence electrons. The first kappa shape index (κ1) is 16.3. The van der Waals surface area contributed by atoms with E-state index in [9.17, 15) is 4.79 Å². The number of nitrogens with one attached hydrogen (secondary N) is 1. The van der Waals surface area contributed by atoms with E-state index in [1.165, 1.54) is 11.8 Å². The van der Waals surface area contributed by atoms with Gasteiger partial charge in [-0.15, -0.1) is 5.10 Å². The van der Waals surface area contributed by atoms with E-state index >= 15 is 0 Å². The van der Waals surface area contributed by atoms with E-state index in [0.29, 0.717) is 5.16 Å². The number of methoxy groups -OCH3 is 1. The van der Waals surface area contributed by atoms with E-state index < -0.39 is 0 Å². The molecule has 0 saturated heterocycles. The Balaban J connectivity index is 2.04. The average molecular weight is 321 g/mol. The van der Waals surface area contributed by atoms with Gasteiger partial charge in [0.25, 0.3) is 0 Å². The van der Waals surface area contributed by atoms with E-state index in [2.05, 4.69) is 20.8 Å². The van der Waals surface area contributed by atoms with Crippen molar-refractivity contribution in [1.82, 2.24) is 25.5 Å². The van der Waals surface area contributed by atoms with Crippen LogP contribution in [-0.2, 0) is 4.79 Å². The zero-order chi connectivity index (χ0) is 16.2. The fourth-order valence-electron chi connectivity index (χ4n) is 1.74. The van der Waals surface area contributed by atoms with Crippen molar-refractivity contribution in [2.24, 2.45) is 0 Å². The van der Waals surface area contributed by atoms with Crippen molar-refractivity contribution < 1.29 is 9.53 Å². The number of nitrogens with zero attached hydrogens (tertiary/aromatic N) is 4. The highest BCUT2D eigenvalue weighted by molar-refractivity contribution is 7.99. The molecule has 7 nitrogen and oxygen atoms in total. The number of carbonyl (C=O) groups excluding carboxylic acids is 1. The Morgan fingerprint density at radius 3 is 2.59 bits per heavy atom. The monoisotopic (exact) mass is 321 g/mol. The Morgan fingerprint density at radius 2 is 2.00 bits per heavy atom. The summed E-state index contributed by atoms with van der Waals surface area (Å²) in [5.74, 6) is 0.964. The van der Waals surface area contributed by atoms with E-state index in [1.54, 1.807) is 11.8 Å². The molecule has 1 amide bonds. The quantitative estimate of drug-likeness (QED) is 0.844. The van der Waals surface area contributed by atoms with Crippen LogP contribution >= 0.6 is 11.8 Å². The van der Waals surface area contributed by atoms with Gasteiger partial charge in [0.05, 0.1) is 18.6 Å². The van der Waals surface area contributed by atoms with Gasteiger partial charge >= 0.3 is 0 Å². The molecule has 22 heavy (non-hydrogen) atoms. The van der Waals surface area contributed by atoms with Crippen molar-refractivity contribution in [3.63, 3.8) is 0 Å². The molecule has 1 heterocycles.